The number of carbonyl (C=O) groups is 3. The fourth-order valence-electron chi connectivity index (χ4n) is 1.97. The zero-order valence-electron chi connectivity index (χ0n) is 14.7. The minimum absolute atomic E-state index is 0.0520. The van der Waals surface area contributed by atoms with Crippen molar-refractivity contribution < 1.29 is 23.9 Å². The van der Waals surface area contributed by atoms with E-state index in [0.717, 1.165) is 0 Å². The molecule has 0 unspecified atom stereocenters. The lowest BCUT2D eigenvalue weighted by Crippen LogP contribution is -2.46. The van der Waals surface area contributed by atoms with Gasteiger partial charge in [0.15, 0.2) is 11.5 Å². The summed E-state index contributed by atoms with van der Waals surface area (Å²) < 4.78 is 10.2. The van der Waals surface area contributed by atoms with Gasteiger partial charge in [0.05, 0.1) is 38.1 Å². The molecule has 1 atom stereocenters. The smallest absolute Gasteiger partial charge is 0.250 e. The first-order chi connectivity index (χ1) is 11.7. The summed E-state index contributed by atoms with van der Waals surface area (Å²) in [6.07, 6.45) is 0. The molecule has 0 spiro atoms. The van der Waals surface area contributed by atoms with Gasteiger partial charge in [-0.15, -0.1) is 0 Å². The van der Waals surface area contributed by atoms with Crippen LogP contribution in [0.25, 0.3) is 0 Å². The number of anilines is 1. The molecule has 9 nitrogen and oxygen atoms in total. The van der Waals surface area contributed by atoms with E-state index in [1.165, 1.54) is 26.4 Å². The Morgan fingerprint density at radius 1 is 1.12 bits per heavy atom. The predicted molar refractivity (Wildman–Crippen MR) is 92.5 cm³/mol. The highest BCUT2D eigenvalue weighted by molar-refractivity contribution is 6.04. The van der Waals surface area contributed by atoms with Crippen molar-refractivity contribution in [2.45, 2.75) is 19.9 Å². The van der Waals surface area contributed by atoms with Crippen LogP contribution in [0.1, 0.15) is 24.2 Å². The van der Waals surface area contributed by atoms with Gasteiger partial charge >= 0.3 is 0 Å². The second-order valence-electron chi connectivity index (χ2n) is 5.65. The first-order valence-corrected chi connectivity index (χ1v) is 7.60. The van der Waals surface area contributed by atoms with Crippen molar-refractivity contribution in [1.82, 2.24) is 5.32 Å². The highest BCUT2D eigenvalue weighted by Gasteiger charge is 2.19. The Morgan fingerprint density at radius 3 is 2.16 bits per heavy atom. The van der Waals surface area contributed by atoms with E-state index >= 15 is 0 Å². The minimum Gasteiger partial charge on any atom is -0.493 e. The molecule has 0 aromatic heterocycles. The maximum atomic E-state index is 12.0. The van der Waals surface area contributed by atoms with Crippen LogP contribution in [0, 0.1) is 5.92 Å². The molecule has 0 saturated heterocycles. The third-order valence-electron chi connectivity index (χ3n) is 3.51. The highest BCUT2D eigenvalue weighted by Crippen LogP contribution is 2.33. The van der Waals surface area contributed by atoms with Crippen LogP contribution in [0.5, 0.6) is 11.5 Å². The molecule has 1 rings (SSSR count). The molecule has 0 heterocycles. The van der Waals surface area contributed by atoms with Crippen LogP contribution in [-0.4, -0.2) is 44.5 Å². The van der Waals surface area contributed by atoms with Crippen LogP contribution in [0.2, 0.25) is 0 Å². The van der Waals surface area contributed by atoms with Gasteiger partial charge in [-0.3, -0.25) is 14.4 Å². The topological polar surface area (TPSA) is 146 Å². The zero-order valence-corrected chi connectivity index (χ0v) is 14.7. The fourth-order valence-corrected chi connectivity index (χ4v) is 1.97. The number of nitrogens with two attached hydrogens (primary N) is 2. The van der Waals surface area contributed by atoms with E-state index in [1.54, 1.807) is 13.8 Å². The monoisotopic (exact) mass is 352 g/mol. The molecule has 0 bridgehead atoms. The lowest BCUT2D eigenvalue weighted by atomic mass is 10.1. The Morgan fingerprint density at radius 2 is 1.68 bits per heavy atom. The predicted octanol–water partition coefficient (Wildman–Crippen LogP) is -0.159. The van der Waals surface area contributed by atoms with Gasteiger partial charge in [-0.05, 0) is 12.0 Å². The second-order valence-corrected chi connectivity index (χ2v) is 5.65. The lowest BCUT2D eigenvalue weighted by molar-refractivity contribution is -0.125. The van der Waals surface area contributed by atoms with Crippen LogP contribution in [0.3, 0.4) is 0 Å². The van der Waals surface area contributed by atoms with Gasteiger partial charge in [-0.25, -0.2) is 0 Å². The van der Waals surface area contributed by atoms with E-state index in [-0.39, 0.29) is 23.7 Å². The summed E-state index contributed by atoms with van der Waals surface area (Å²) in [6.45, 7) is 3.30. The first-order valence-electron chi connectivity index (χ1n) is 7.60. The number of methoxy groups -OCH3 is 2. The number of hydrogen-bond acceptors (Lipinski definition) is 6. The van der Waals surface area contributed by atoms with E-state index in [4.69, 9.17) is 20.9 Å². The van der Waals surface area contributed by atoms with Crippen molar-refractivity contribution in [2.75, 3.05) is 26.1 Å². The van der Waals surface area contributed by atoms with Gasteiger partial charge in [0.25, 0.3) is 5.91 Å². The molecule has 0 saturated carbocycles. The van der Waals surface area contributed by atoms with Gasteiger partial charge in [0.2, 0.25) is 11.8 Å². The summed E-state index contributed by atoms with van der Waals surface area (Å²) in [7, 11) is 2.83. The molecule has 9 heteroatoms. The average molecular weight is 352 g/mol. The van der Waals surface area contributed by atoms with E-state index < -0.39 is 23.8 Å². The number of ether oxygens (including phenoxy) is 2. The summed E-state index contributed by atoms with van der Waals surface area (Å²) in [5, 5.41) is 4.95. The number of carbonyl (C=O) groups excluding carboxylic acids is 3. The second kappa shape index (κ2) is 8.88. The van der Waals surface area contributed by atoms with E-state index in [1.807, 2.05) is 0 Å². The van der Waals surface area contributed by atoms with Crippen molar-refractivity contribution >= 4 is 23.4 Å². The van der Waals surface area contributed by atoms with Crippen LogP contribution >= 0.6 is 0 Å². The molecule has 0 aliphatic rings. The SMILES string of the molecule is COc1cc(NC(=O)CNC(=O)[C@@H](N)C(C)C)c(C(N)=O)cc1OC. The number of amides is 3. The Labute approximate surface area is 146 Å². The van der Waals surface area contributed by atoms with Gasteiger partial charge in [-0.2, -0.15) is 0 Å². The normalized spacial score (nSPS) is 11.6. The van der Waals surface area contributed by atoms with Gasteiger partial charge in [-0.1, -0.05) is 13.8 Å². The van der Waals surface area contributed by atoms with Gasteiger partial charge < -0.3 is 31.6 Å². The number of benzene rings is 1. The summed E-state index contributed by atoms with van der Waals surface area (Å²) >= 11 is 0. The van der Waals surface area contributed by atoms with Crippen LogP contribution < -0.4 is 31.6 Å². The third-order valence-corrected chi connectivity index (χ3v) is 3.51. The molecule has 0 fully saturated rings. The Kier molecular flexibility index (Phi) is 7.19. The minimum atomic E-state index is -0.748. The van der Waals surface area contributed by atoms with Crippen molar-refractivity contribution in [3.8, 4) is 11.5 Å². The van der Waals surface area contributed by atoms with E-state index in [9.17, 15) is 14.4 Å². The van der Waals surface area contributed by atoms with Crippen molar-refractivity contribution in [3.05, 3.63) is 17.7 Å². The molecule has 1 aromatic carbocycles. The van der Waals surface area contributed by atoms with Crippen molar-refractivity contribution in [2.24, 2.45) is 17.4 Å². The molecule has 0 aliphatic carbocycles. The molecule has 1 aromatic rings. The first kappa shape index (κ1) is 20.2. The summed E-state index contributed by atoms with van der Waals surface area (Å²) in [4.78, 5) is 35.4. The molecule has 0 radical (unpaired) electrons. The Bertz CT molecular complexity index is 660. The highest BCUT2D eigenvalue weighted by atomic mass is 16.5. The standard InChI is InChI=1S/C16H24N4O5/c1-8(2)14(17)16(23)19-7-13(21)20-10-6-12(25-4)11(24-3)5-9(10)15(18)22/h5-6,8,14H,7,17H2,1-4H3,(H2,18,22)(H,19,23)(H,20,21)/t14-/m0/s1. The molecule has 138 valence electrons. The molecular formula is C16H24N4O5. The van der Waals surface area contributed by atoms with Crippen molar-refractivity contribution in [1.29, 1.82) is 0 Å². The number of nitrogens with one attached hydrogen (secondary N) is 2. The molecular weight excluding hydrogens is 328 g/mol. The van der Waals surface area contributed by atoms with E-state index in [0.29, 0.717) is 11.5 Å². The number of hydrogen-bond donors (Lipinski definition) is 4. The summed E-state index contributed by atoms with van der Waals surface area (Å²) in [5.41, 5.74) is 11.2. The maximum absolute atomic E-state index is 12.0. The average Bonchev–Trinajstić information content (AvgIpc) is 2.57. The van der Waals surface area contributed by atoms with Gasteiger partial charge in [0.1, 0.15) is 0 Å². The van der Waals surface area contributed by atoms with E-state index in [2.05, 4.69) is 10.6 Å². The molecule has 0 aliphatic heterocycles. The zero-order chi connectivity index (χ0) is 19.1. The lowest BCUT2D eigenvalue weighted by Gasteiger charge is -2.16. The largest absolute Gasteiger partial charge is 0.493 e. The van der Waals surface area contributed by atoms with Crippen LogP contribution in [0.4, 0.5) is 5.69 Å². The summed E-state index contributed by atoms with van der Waals surface area (Å²) in [6, 6.07) is 2.07. The number of primary amides is 1. The Hall–Kier alpha value is -2.81. The maximum Gasteiger partial charge on any atom is 0.250 e. The molecule has 6 N–H and O–H groups in total. The molecule has 3 amide bonds. The quantitative estimate of drug-likeness (QED) is 0.511. The number of rotatable bonds is 8. The van der Waals surface area contributed by atoms with Crippen LogP contribution in [0.15, 0.2) is 12.1 Å². The fraction of sp³-hybridized carbons (Fsp3) is 0.438. The molecule has 25 heavy (non-hydrogen) atoms. The van der Waals surface area contributed by atoms with Crippen molar-refractivity contribution in [3.63, 3.8) is 0 Å². The Balaban J connectivity index is 2.89. The van der Waals surface area contributed by atoms with Gasteiger partial charge in [0, 0.05) is 6.07 Å². The third kappa shape index (κ3) is 5.35. The van der Waals surface area contributed by atoms with Crippen LogP contribution in [-0.2, 0) is 9.59 Å². The summed E-state index contributed by atoms with van der Waals surface area (Å²) in [5.74, 6) is -1.18.